The maximum atomic E-state index is 12.7. The minimum atomic E-state index is -0.430. The maximum Gasteiger partial charge on any atom is 0.256 e. The van der Waals surface area contributed by atoms with E-state index in [1.165, 1.54) is 11.8 Å². The van der Waals surface area contributed by atoms with Crippen LogP contribution in [0.15, 0.2) is 83.8 Å². The van der Waals surface area contributed by atoms with Gasteiger partial charge in [0.15, 0.2) is 0 Å². The summed E-state index contributed by atoms with van der Waals surface area (Å²) in [6.45, 7) is 0. The molecule has 136 valence electrons. The molecule has 0 atom stereocenters. The van der Waals surface area contributed by atoms with Gasteiger partial charge in [-0.1, -0.05) is 36.4 Å². The number of benzene rings is 3. The number of nitrogens with two attached hydrogens (primary N) is 1. The number of nitrogens with one attached hydrogen (secondary N) is 1. The monoisotopic (exact) mass is 378 g/mol. The summed E-state index contributed by atoms with van der Waals surface area (Å²) in [5.74, 6) is 0.759. The van der Waals surface area contributed by atoms with Crippen LogP contribution in [0.5, 0.6) is 11.5 Å². The Morgan fingerprint density at radius 2 is 1.59 bits per heavy atom. The Balaban J connectivity index is 1.73. The number of primary amides is 1. The predicted molar refractivity (Wildman–Crippen MR) is 107 cm³/mol. The first kappa shape index (κ1) is 18.5. The van der Waals surface area contributed by atoms with Gasteiger partial charge in [-0.3, -0.25) is 9.59 Å². The summed E-state index contributed by atoms with van der Waals surface area (Å²) < 4.78 is 5.79. The van der Waals surface area contributed by atoms with Crippen molar-refractivity contribution < 1.29 is 14.3 Å². The first-order valence-corrected chi connectivity index (χ1v) is 9.25. The highest BCUT2D eigenvalue weighted by molar-refractivity contribution is 8.00. The van der Waals surface area contributed by atoms with Crippen molar-refractivity contribution in [3.8, 4) is 11.5 Å². The van der Waals surface area contributed by atoms with Gasteiger partial charge in [0.05, 0.1) is 11.3 Å². The van der Waals surface area contributed by atoms with Crippen LogP contribution in [0.3, 0.4) is 0 Å². The van der Waals surface area contributed by atoms with Crippen LogP contribution in [0.2, 0.25) is 0 Å². The van der Waals surface area contributed by atoms with Crippen LogP contribution >= 0.6 is 11.8 Å². The van der Waals surface area contributed by atoms with Gasteiger partial charge >= 0.3 is 0 Å². The summed E-state index contributed by atoms with van der Waals surface area (Å²) in [5, 5.41) is 2.86. The molecule has 3 N–H and O–H groups in total. The first-order chi connectivity index (χ1) is 13.1. The van der Waals surface area contributed by atoms with E-state index in [-0.39, 0.29) is 11.7 Å². The van der Waals surface area contributed by atoms with Gasteiger partial charge in [-0.05, 0) is 36.4 Å². The molecule has 0 saturated carbocycles. The third-order valence-electron chi connectivity index (χ3n) is 3.57. The van der Waals surface area contributed by atoms with Crippen LogP contribution in [-0.2, 0) is 4.79 Å². The fourth-order valence-electron chi connectivity index (χ4n) is 2.39. The number of rotatable bonds is 7. The van der Waals surface area contributed by atoms with Gasteiger partial charge in [-0.25, -0.2) is 0 Å². The SMILES string of the molecule is NC(=O)CSc1ccccc1C(=O)Nc1cccc(Oc2ccccc2)c1. The highest BCUT2D eigenvalue weighted by atomic mass is 32.2. The van der Waals surface area contributed by atoms with Crippen molar-refractivity contribution in [3.05, 3.63) is 84.4 Å². The zero-order valence-electron chi connectivity index (χ0n) is 14.4. The Hall–Kier alpha value is -3.25. The molecule has 0 saturated heterocycles. The molecule has 0 bridgehead atoms. The van der Waals surface area contributed by atoms with E-state index >= 15 is 0 Å². The largest absolute Gasteiger partial charge is 0.457 e. The fraction of sp³-hybridized carbons (Fsp3) is 0.0476. The highest BCUT2D eigenvalue weighted by Gasteiger charge is 2.13. The molecule has 0 heterocycles. The van der Waals surface area contributed by atoms with Crippen molar-refractivity contribution in [2.24, 2.45) is 5.73 Å². The number of ether oxygens (including phenoxy) is 1. The van der Waals surface area contributed by atoms with Crippen LogP contribution in [0.4, 0.5) is 5.69 Å². The van der Waals surface area contributed by atoms with Crippen molar-refractivity contribution in [1.82, 2.24) is 0 Å². The average Bonchev–Trinajstić information content (AvgIpc) is 2.67. The fourth-order valence-corrected chi connectivity index (χ4v) is 3.18. The van der Waals surface area contributed by atoms with Gasteiger partial charge in [-0.2, -0.15) is 0 Å². The molecule has 0 spiro atoms. The summed E-state index contributed by atoms with van der Waals surface area (Å²) in [7, 11) is 0. The molecule has 0 aliphatic rings. The number of thioether (sulfide) groups is 1. The van der Waals surface area contributed by atoms with Gasteiger partial charge in [-0.15, -0.1) is 11.8 Å². The number of anilines is 1. The molecular weight excluding hydrogens is 360 g/mol. The molecule has 27 heavy (non-hydrogen) atoms. The standard InChI is InChI=1S/C21H18N2O3S/c22-20(24)14-27-19-12-5-4-11-18(19)21(25)23-15-7-6-10-17(13-15)26-16-8-2-1-3-9-16/h1-13H,14H2,(H2,22,24)(H,23,25). The van der Waals surface area contributed by atoms with Gasteiger partial charge in [0.2, 0.25) is 5.91 Å². The molecule has 0 aromatic heterocycles. The van der Waals surface area contributed by atoms with Crippen molar-refractivity contribution in [2.75, 3.05) is 11.1 Å². The van der Waals surface area contributed by atoms with E-state index in [0.717, 1.165) is 0 Å². The molecule has 6 heteroatoms. The van der Waals surface area contributed by atoms with E-state index in [1.807, 2.05) is 48.5 Å². The molecule has 3 rings (SSSR count). The molecule has 3 aromatic rings. The highest BCUT2D eigenvalue weighted by Crippen LogP contribution is 2.26. The second kappa shape index (κ2) is 8.91. The molecular formula is C21H18N2O3S. The van der Waals surface area contributed by atoms with Crippen LogP contribution in [0, 0.1) is 0 Å². The van der Waals surface area contributed by atoms with Gasteiger partial charge in [0.25, 0.3) is 5.91 Å². The second-order valence-corrected chi connectivity index (χ2v) is 6.67. The summed E-state index contributed by atoms with van der Waals surface area (Å²) in [6, 6.07) is 23.7. The lowest BCUT2D eigenvalue weighted by atomic mass is 10.2. The van der Waals surface area contributed by atoms with E-state index in [4.69, 9.17) is 10.5 Å². The molecule has 0 radical (unpaired) electrons. The Bertz CT molecular complexity index is 945. The summed E-state index contributed by atoms with van der Waals surface area (Å²) in [6.07, 6.45) is 0. The van der Waals surface area contributed by atoms with Crippen molar-refractivity contribution in [1.29, 1.82) is 0 Å². The minimum absolute atomic E-state index is 0.116. The molecule has 2 amide bonds. The molecule has 0 fully saturated rings. The molecule has 5 nitrogen and oxygen atoms in total. The van der Waals surface area contributed by atoms with E-state index in [1.54, 1.807) is 30.3 Å². The molecule has 0 aliphatic carbocycles. The number of carbonyl (C=O) groups excluding carboxylic acids is 2. The first-order valence-electron chi connectivity index (χ1n) is 8.26. The van der Waals surface area contributed by atoms with Crippen molar-refractivity contribution in [2.45, 2.75) is 4.90 Å². The maximum absolute atomic E-state index is 12.7. The van der Waals surface area contributed by atoms with Gasteiger partial charge in [0, 0.05) is 16.6 Å². The number of para-hydroxylation sites is 1. The van der Waals surface area contributed by atoms with Crippen LogP contribution in [0.1, 0.15) is 10.4 Å². The van der Waals surface area contributed by atoms with Crippen LogP contribution < -0.4 is 15.8 Å². The third-order valence-corrected chi connectivity index (χ3v) is 4.67. The number of hydrogen-bond donors (Lipinski definition) is 2. The smallest absolute Gasteiger partial charge is 0.256 e. The van der Waals surface area contributed by atoms with E-state index < -0.39 is 5.91 Å². The van der Waals surface area contributed by atoms with Crippen LogP contribution in [-0.4, -0.2) is 17.6 Å². The topological polar surface area (TPSA) is 81.4 Å². The van der Waals surface area contributed by atoms with Gasteiger partial charge < -0.3 is 15.8 Å². The van der Waals surface area contributed by atoms with Gasteiger partial charge in [0.1, 0.15) is 11.5 Å². The summed E-state index contributed by atoms with van der Waals surface area (Å²) in [4.78, 5) is 24.4. The average molecular weight is 378 g/mol. The lowest BCUT2D eigenvalue weighted by Gasteiger charge is -2.11. The number of hydrogen-bond acceptors (Lipinski definition) is 4. The zero-order valence-corrected chi connectivity index (χ0v) is 15.2. The molecule has 0 unspecified atom stereocenters. The summed E-state index contributed by atoms with van der Waals surface area (Å²) in [5.41, 5.74) is 6.29. The Morgan fingerprint density at radius 3 is 2.37 bits per heavy atom. The number of amides is 2. The molecule has 3 aromatic carbocycles. The van der Waals surface area contributed by atoms with E-state index in [0.29, 0.717) is 27.6 Å². The Labute approximate surface area is 161 Å². The van der Waals surface area contributed by atoms with Crippen LogP contribution in [0.25, 0.3) is 0 Å². The van der Waals surface area contributed by atoms with E-state index in [9.17, 15) is 9.59 Å². The lowest BCUT2D eigenvalue weighted by molar-refractivity contribution is -0.115. The quantitative estimate of drug-likeness (QED) is 0.600. The minimum Gasteiger partial charge on any atom is -0.457 e. The number of carbonyl (C=O) groups is 2. The van der Waals surface area contributed by atoms with Crippen molar-refractivity contribution in [3.63, 3.8) is 0 Å². The normalized spacial score (nSPS) is 10.2. The summed E-state index contributed by atoms with van der Waals surface area (Å²) >= 11 is 1.24. The predicted octanol–water partition coefficient (Wildman–Crippen LogP) is 4.31. The Kier molecular flexibility index (Phi) is 6.12. The lowest BCUT2D eigenvalue weighted by Crippen LogP contribution is -2.15. The van der Waals surface area contributed by atoms with Crippen molar-refractivity contribution >= 4 is 29.3 Å². The molecule has 0 aliphatic heterocycles. The zero-order chi connectivity index (χ0) is 19.1. The Morgan fingerprint density at radius 1 is 0.889 bits per heavy atom. The van der Waals surface area contributed by atoms with E-state index in [2.05, 4.69) is 5.32 Å². The third kappa shape index (κ3) is 5.36. The second-order valence-electron chi connectivity index (χ2n) is 5.65.